The first-order valence-electron chi connectivity index (χ1n) is 4.95. The van der Waals surface area contributed by atoms with Gasteiger partial charge >= 0.3 is 17.8 Å². The van der Waals surface area contributed by atoms with Gasteiger partial charge in [-0.05, 0) is 6.42 Å². The molecule has 1 heterocycles. The summed E-state index contributed by atoms with van der Waals surface area (Å²) in [7, 11) is 0. The third-order valence-corrected chi connectivity index (χ3v) is 2.31. The van der Waals surface area contributed by atoms with Crippen LogP contribution < -0.4 is 0 Å². The molecule has 1 aliphatic heterocycles. The average molecular weight is 232 g/mol. The fourth-order valence-corrected chi connectivity index (χ4v) is 1.52. The van der Waals surface area contributed by atoms with Crippen LogP contribution in [0.15, 0.2) is 0 Å². The maximum Gasteiger partial charge on any atom is 0.359 e. The van der Waals surface area contributed by atoms with Gasteiger partial charge in [-0.3, -0.25) is 14.5 Å². The van der Waals surface area contributed by atoms with Crippen molar-refractivity contribution in [2.24, 2.45) is 0 Å². The Labute approximate surface area is 91.6 Å². The Balaban J connectivity index is 2.72. The van der Waals surface area contributed by atoms with Crippen LogP contribution in [0.2, 0.25) is 0 Å². The van der Waals surface area contributed by atoms with Gasteiger partial charge in [0.1, 0.15) is 0 Å². The largest absolute Gasteiger partial charge is 0.478 e. The molecule has 2 amide bonds. The fourth-order valence-electron chi connectivity index (χ4n) is 1.52. The minimum absolute atomic E-state index is 0.0853. The predicted octanol–water partition coefficient (Wildman–Crippen LogP) is -0.553. The average Bonchev–Trinajstić information content (AvgIpc) is 2.24. The number of carbonyl (C=O) groups is 3. The topological polar surface area (TPSA) is 77.9 Å². The van der Waals surface area contributed by atoms with Crippen LogP contribution in [0.1, 0.15) is 13.3 Å². The smallest absolute Gasteiger partial charge is 0.359 e. The summed E-state index contributed by atoms with van der Waals surface area (Å²) in [6, 6.07) is 0. The van der Waals surface area contributed by atoms with Crippen molar-refractivity contribution in [3.8, 4) is 0 Å². The zero-order valence-electron chi connectivity index (χ0n) is 8.85. The van der Waals surface area contributed by atoms with Gasteiger partial charge in [-0.25, -0.2) is 9.18 Å². The standard InChI is InChI=1S/C9H13FN2O4/c1-2-3-11-4-5-12(6(10)9(15)16)8(14)7(11)13/h6H,2-5H2,1H3,(H,15,16). The number of nitrogens with zero attached hydrogens (tertiary/aromatic N) is 2. The molecule has 7 heteroatoms. The van der Waals surface area contributed by atoms with Crippen molar-refractivity contribution in [2.75, 3.05) is 19.6 Å². The van der Waals surface area contributed by atoms with Crippen LogP contribution in [0.5, 0.6) is 0 Å². The Morgan fingerprint density at radius 1 is 1.44 bits per heavy atom. The van der Waals surface area contributed by atoms with Crippen molar-refractivity contribution in [1.82, 2.24) is 9.80 Å². The SMILES string of the molecule is CCCN1CCN(C(F)C(=O)O)C(=O)C1=O. The maximum atomic E-state index is 13.1. The second kappa shape index (κ2) is 4.91. The highest BCUT2D eigenvalue weighted by atomic mass is 19.1. The Bertz CT molecular complexity index is 321. The lowest BCUT2D eigenvalue weighted by atomic mass is 10.2. The van der Waals surface area contributed by atoms with E-state index in [0.29, 0.717) is 17.9 Å². The molecule has 0 aromatic rings. The fraction of sp³-hybridized carbons (Fsp3) is 0.667. The third kappa shape index (κ3) is 2.29. The number of rotatable bonds is 4. The van der Waals surface area contributed by atoms with E-state index < -0.39 is 24.1 Å². The van der Waals surface area contributed by atoms with Gasteiger partial charge in [-0.2, -0.15) is 0 Å². The first-order valence-corrected chi connectivity index (χ1v) is 4.95. The summed E-state index contributed by atoms with van der Waals surface area (Å²) in [5.74, 6) is -3.68. The molecule has 1 atom stereocenters. The van der Waals surface area contributed by atoms with E-state index in [-0.39, 0.29) is 13.1 Å². The van der Waals surface area contributed by atoms with Crippen LogP contribution in [-0.2, 0) is 14.4 Å². The summed E-state index contributed by atoms with van der Waals surface area (Å²) in [5, 5.41) is 8.41. The highest BCUT2D eigenvalue weighted by molar-refractivity contribution is 6.35. The first-order chi connectivity index (χ1) is 7.49. The van der Waals surface area contributed by atoms with Crippen molar-refractivity contribution in [1.29, 1.82) is 0 Å². The molecule has 0 aromatic carbocycles. The summed E-state index contributed by atoms with van der Waals surface area (Å²) >= 11 is 0. The zero-order valence-corrected chi connectivity index (χ0v) is 8.85. The minimum Gasteiger partial charge on any atom is -0.478 e. The number of alkyl halides is 1. The summed E-state index contributed by atoms with van der Waals surface area (Å²) in [4.78, 5) is 34.9. The molecule has 0 radical (unpaired) electrons. The molecule has 90 valence electrons. The predicted molar refractivity (Wildman–Crippen MR) is 51.1 cm³/mol. The lowest BCUT2D eigenvalue weighted by Gasteiger charge is -2.33. The van der Waals surface area contributed by atoms with E-state index in [4.69, 9.17) is 5.11 Å². The molecule has 1 rings (SSSR count). The van der Waals surface area contributed by atoms with Crippen molar-refractivity contribution < 1.29 is 23.9 Å². The number of halogens is 1. The number of aliphatic carboxylic acids is 1. The van der Waals surface area contributed by atoms with Gasteiger partial charge in [0, 0.05) is 19.6 Å². The maximum absolute atomic E-state index is 13.1. The second-order valence-electron chi connectivity index (χ2n) is 3.46. The van der Waals surface area contributed by atoms with E-state index in [1.165, 1.54) is 4.90 Å². The third-order valence-electron chi connectivity index (χ3n) is 2.31. The molecule has 0 spiro atoms. The normalized spacial score (nSPS) is 18.9. The molecule has 6 nitrogen and oxygen atoms in total. The van der Waals surface area contributed by atoms with E-state index in [2.05, 4.69) is 0 Å². The zero-order chi connectivity index (χ0) is 12.3. The van der Waals surface area contributed by atoms with Crippen LogP contribution in [0.25, 0.3) is 0 Å². The number of carboxylic acid groups (broad SMARTS) is 1. The summed E-state index contributed by atoms with van der Waals surface area (Å²) in [6.45, 7) is 2.35. The molecule has 1 N–H and O–H groups in total. The van der Waals surface area contributed by atoms with Crippen LogP contribution in [0, 0.1) is 0 Å². The Kier molecular flexibility index (Phi) is 3.81. The number of hydrogen-bond donors (Lipinski definition) is 1. The lowest BCUT2D eigenvalue weighted by Crippen LogP contribution is -2.58. The molecule has 1 unspecified atom stereocenters. The van der Waals surface area contributed by atoms with Gasteiger partial charge in [0.2, 0.25) is 0 Å². The molecular weight excluding hydrogens is 219 g/mol. The number of carboxylic acids is 1. The number of hydrogen-bond acceptors (Lipinski definition) is 3. The monoisotopic (exact) mass is 232 g/mol. The molecule has 0 saturated carbocycles. The number of piperazine rings is 1. The van der Waals surface area contributed by atoms with Crippen molar-refractivity contribution in [3.63, 3.8) is 0 Å². The van der Waals surface area contributed by atoms with Gasteiger partial charge in [0.25, 0.3) is 6.30 Å². The molecule has 16 heavy (non-hydrogen) atoms. The molecule has 1 aliphatic rings. The lowest BCUT2D eigenvalue weighted by molar-refractivity contribution is -0.167. The highest BCUT2D eigenvalue weighted by Gasteiger charge is 2.38. The Morgan fingerprint density at radius 2 is 2.06 bits per heavy atom. The molecule has 1 saturated heterocycles. The van der Waals surface area contributed by atoms with Crippen LogP contribution >= 0.6 is 0 Å². The van der Waals surface area contributed by atoms with E-state index in [9.17, 15) is 18.8 Å². The van der Waals surface area contributed by atoms with E-state index >= 15 is 0 Å². The summed E-state index contributed by atoms with van der Waals surface area (Å²) in [6.07, 6.45) is -1.75. The van der Waals surface area contributed by atoms with Gasteiger partial charge in [0.05, 0.1) is 0 Å². The second-order valence-corrected chi connectivity index (χ2v) is 3.46. The van der Waals surface area contributed by atoms with Crippen molar-refractivity contribution in [3.05, 3.63) is 0 Å². The highest BCUT2D eigenvalue weighted by Crippen LogP contribution is 2.10. The Morgan fingerprint density at radius 3 is 2.56 bits per heavy atom. The number of carbonyl (C=O) groups excluding carboxylic acids is 2. The molecule has 0 aliphatic carbocycles. The summed E-state index contributed by atoms with van der Waals surface area (Å²) in [5.41, 5.74) is 0. The first kappa shape index (κ1) is 12.4. The van der Waals surface area contributed by atoms with Crippen molar-refractivity contribution >= 4 is 17.8 Å². The van der Waals surface area contributed by atoms with E-state index in [0.717, 1.165) is 0 Å². The van der Waals surface area contributed by atoms with E-state index in [1.807, 2.05) is 6.92 Å². The molecule has 1 fully saturated rings. The van der Waals surface area contributed by atoms with Crippen LogP contribution in [0.4, 0.5) is 4.39 Å². The number of amides is 2. The van der Waals surface area contributed by atoms with Crippen LogP contribution in [0.3, 0.4) is 0 Å². The van der Waals surface area contributed by atoms with Gasteiger partial charge in [0.15, 0.2) is 0 Å². The van der Waals surface area contributed by atoms with Crippen molar-refractivity contribution in [2.45, 2.75) is 19.6 Å². The quantitative estimate of drug-likeness (QED) is 0.521. The molecule has 0 bridgehead atoms. The van der Waals surface area contributed by atoms with E-state index in [1.54, 1.807) is 0 Å². The Hall–Kier alpha value is -1.66. The minimum atomic E-state index is -2.44. The van der Waals surface area contributed by atoms with Gasteiger partial charge < -0.3 is 10.0 Å². The van der Waals surface area contributed by atoms with Gasteiger partial charge in [-0.15, -0.1) is 0 Å². The summed E-state index contributed by atoms with van der Waals surface area (Å²) < 4.78 is 13.1. The molecule has 0 aromatic heterocycles. The molecular formula is C9H13FN2O4. The van der Waals surface area contributed by atoms with Crippen LogP contribution in [-0.4, -0.2) is 58.6 Å². The van der Waals surface area contributed by atoms with Gasteiger partial charge in [-0.1, -0.05) is 6.92 Å².